The van der Waals surface area contributed by atoms with Crippen molar-refractivity contribution in [3.05, 3.63) is 40.2 Å². The third-order valence-electron chi connectivity index (χ3n) is 2.23. The molecule has 15 heavy (non-hydrogen) atoms. The summed E-state index contributed by atoms with van der Waals surface area (Å²) in [7, 11) is 0. The molecule has 0 radical (unpaired) electrons. The van der Waals surface area contributed by atoms with Gasteiger partial charge in [0.1, 0.15) is 16.5 Å². The Labute approximate surface area is 93.2 Å². The summed E-state index contributed by atoms with van der Waals surface area (Å²) in [4.78, 5) is 4.21. The molecule has 1 N–H and O–H groups in total. The van der Waals surface area contributed by atoms with E-state index in [4.69, 9.17) is 4.42 Å². The quantitative estimate of drug-likeness (QED) is 0.864. The Bertz CT molecular complexity index is 408. The van der Waals surface area contributed by atoms with Crippen LogP contribution in [0.25, 0.3) is 0 Å². The third-order valence-corrected chi connectivity index (χ3v) is 3.01. The first kappa shape index (κ1) is 10.4. The van der Waals surface area contributed by atoms with Gasteiger partial charge in [-0.15, -0.1) is 11.3 Å². The number of nitrogens with zero attached hydrogens (tertiary/aromatic N) is 1. The standard InChI is InChI=1S/C11H14N2OS/c1-8-3-4-10(14-8)9(2)13-7-11-12-5-6-15-11/h3-6,9,13H,7H2,1-2H3. The Morgan fingerprint density at radius 1 is 1.53 bits per heavy atom. The van der Waals surface area contributed by atoms with Crippen LogP contribution in [0.2, 0.25) is 0 Å². The molecule has 0 aliphatic carbocycles. The zero-order valence-electron chi connectivity index (χ0n) is 8.86. The minimum atomic E-state index is 0.225. The molecule has 4 heteroatoms. The van der Waals surface area contributed by atoms with Crippen LogP contribution in [0.5, 0.6) is 0 Å². The summed E-state index contributed by atoms with van der Waals surface area (Å²) in [5.74, 6) is 1.93. The zero-order valence-corrected chi connectivity index (χ0v) is 9.67. The first-order valence-corrected chi connectivity index (χ1v) is 5.82. The molecule has 0 aliphatic heterocycles. The maximum Gasteiger partial charge on any atom is 0.120 e. The first-order chi connectivity index (χ1) is 7.25. The summed E-state index contributed by atoms with van der Waals surface area (Å²) >= 11 is 1.66. The second-order valence-corrected chi connectivity index (χ2v) is 4.46. The van der Waals surface area contributed by atoms with E-state index in [2.05, 4.69) is 17.2 Å². The van der Waals surface area contributed by atoms with Crippen LogP contribution < -0.4 is 5.32 Å². The largest absolute Gasteiger partial charge is 0.465 e. The first-order valence-electron chi connectivity index (χ1n) is 4.94. The van der Waals surface area contributed by atoms with Crippen molar-refractivity contribution in [2.24, 2.45) is 0 Å². The van der Waals surface area contributed by atoms with Crippen LogP contribution in [0, 0.1) is 6.92 Å². The number of hydrogen-bond donors (Lipinski definition) is 1. The number of rotatable bonds is 4. The van der Waals surface area contributed by atoms with E-state index in [0.29, 0.717) is 0 Å². The Balaban J connectivity index is 1.90. The van der Waals surface area contributed by atoms with Crippen LogP contribution in [0.1, 0.15) is 29.5 Å². The highest BCUT2D eigenvalue weighted by atomic mass is 32.1. The smallest absolute Gasteiger partial charge is 0.120 e. The lowest BCUT2D eigenvalue weighted by molar-refractivity contribution is 0.415. The molecule has 2 aromatic rings. The van der Waals surface area contributed by atoms with E-state index >= 15 is 0 Å². The molecule has 80 valence electrons. The van der Waals surface area contributed by atoms with E-state index in [1.165, 1.54) is 0 Å². The molecule has 0 fully saturated rings. The Kier molecular flexibility index (Phi) is 3.18. The van der Waals surface area contributed by atoms with Gasteiger partial charge in [-0.05, 0) is 26.0 Å². The molecule has 2 rings (SSSR count). The molecular formula is C11H14N2OS. The molecule has 1 atom stereocenters. The average Bonchev–Trinajstić information content (AvgIpc) is 2.84. The van der Waals surface area contributed by atoms with Gasteiger partial charge in [0.15, 0.2) is 0 Å². The average molecular weight is 222 g/mol. The Morgan fingerprint density at radius 2 is 2.40 bits per heavy atom. The van der Waals surface area contributed by atoms with E-state index in [1.807, 2.05) is 30.6 Å². The highest BCUT2D eigenvalue weighted by Gasteiger charge is 2.08. The van der Waals surface area contributed by atoms with E-state index < -0.39 is 0 Å². The van der Waals surface area contributed by atoms with Gasteiger partial charge in [-0.25, -0.2) is 4.98 Å². The summed E-state index contributed by atoms with van der Waals surface area (Å²) in [6, 6.07) is 4.22. The van der Waals surface area contributed by atoms with E-state index in [9.17, 15) is 0 Å². The predicted molar refractivity (Wildman–Crippen MR) is 60.8 cm³/mol. The second-order valence-electron chi connectivity index (χ2n) is 3.48. The molecule has 0 aromatic carbocycles. The molecule has 1 unspecified atom stereocenters. The van der Waals surface area contributed by atoms with Crippen LogP contribution in [-0.2, 0) is 6.54 Å². The molecule has 0 amide bonds. The topological polar surface area (TPSA) is 38.1 Å². The van der Waals surface area contributed by atoms with E-state index in [1.54, 1.807) is 11.3 Å². The summed E-state index contributed by atoms with van der Waals surface area (Å²) in [6.07, 6.45) is 1.82. The van der Waals surface area contributed by atoms with Crippen LogP contribution in [0.3, 0.4) is 0 Å². The molecule has 0 saturated carbocycles. The molecule has 2 heterocycles. The Hall–Kier alpha value is -1.13. The fourth-order valence-corrected chi connectivity index (χ4v) is 1.93. The molecular weight excluding hydrogens is 208 g/mol. The van der Waals surface area contributed by atoms with Gasteiger partial charge >= 0.3 is 0 Å². The molecule has 3 nitrogen and oxygen atoms in total. The second kappa shape index (κ2) is 4.59. The van der Waals surface area contributed by atoms with Crippen LogP contribution in [0.15, 0.2) is 28.1 Å². The van der Waals surface area contributed by atoms with Gasteiger partial charge in [-0.2, -0.15) is 0 Å². The monoisotopic (exact) mass is 222 g/mol. The molecule has 0 saturated heterocycles. The van der Waals surface area contributed by atoms with Gasteiger partial charge in [0, 0.05) is 18.1 Å². The number of aryl methyl sites for hydroxylation is 1. The van der Waals surface area contributed by atoms with Crippen molar-refractivity contribution in [1.82, 2.24) is 10.3 Å². The van der Waals surface area contributed by atoms with Gasteiger partial charge in [0.05, 0.1) is 6.04 Å². The lowest BCUT2D eigenvalue weighted by Gasteiger charge is -2.09. The minimum absolute atomic E-state index is 0.225. The van der Waals surface area contributed by atoms with Crippen LogP contribution in [-0.4, -0.2) is 4.98 Å². The minimum Gasteiger partial charge on any atom is -0.465 e. The SMILES string of the molecule is Cc1ccc(C(C)NCc2nccs2)o1. The fraction of sp³-hybridized carbons (Fsp3) is 0.364. The van der Waals surface area contributed by atoms with Crippen LogP contribution in [0.4, 0.5) is 0 Å². The Morgan fingerprint density at radius 3 is 3.00 bits per heavy atom. The number of aromatic nitrogens is 1. The normalized spacial score (nSPS) is 12.9. The van der Waals surface area contributed by atoms with Crippen molar-refractivity contribution in [2.45, 2.75) is 26.4 Å². The number of thiazole rings is 1. The molecule has 0 spiro atoms. The number of nitrogens with one attached hydrogen (secondary N) is 1. The van der Waals surface area contributed by atoms with Crippen molar-refractivity contribution in [3.8, 4) is 0 Å². The molecule has 2 aromatic heterocycles. The van der Waals surface area contributed by atoms with Gasteiger partial charge < -0.3 is 9.73 Å². The fourth-order valence-electron chi connectivity index (χ4n) is 1.37. The van der Waals surface area contributed by atoms with Gasteiger partial charge in [-0.3, -0.25) is 0 Å². The maximum absolute atomic E-state index is 5.54. The van der Waals surface area contributed by atoms with Crippen molar-refractivity contribution < 1.29 is 4.42 Å². The van der Waals surface area contributed by atoms with E-state index in [-0.39, 0.29) is 6.04 Å². The highest BCUT2D eigenvalue weighted by molar-refractivity contribution is 7.09. The summed E-state index contributed by atoms with van der Waals surface area (Å²) < 4.78 is 5.54. The van der Waals surface area contributed by atoms with Crippen molar-refractivity contribution in [2.75, 3.05) is 0 Å². The molecule has 0 bridgehead atoms. The summed E-state index contributed by atoms with van der Waals surface area (Å²) in [5, 5.41) is 6.46. The number of hydrogen-bond acceptors (Lipinski definition) is 4. The highest BCUT2D eigenvalue weighted by Crippen LogP contribution is 2.16. The number of furan rings is 1. The predicted octanol–water partition coefficient (Wildman–Crippen LogP) is 2.90. The van der Waals surface area contributed by atoms with Crippen molar-refractivity contribution >= 4 is 11.3 Å². The maximum atomic E-state index is 5.54. The lowest BCUT2D eigenvalue weighted by atomic mass is 10.2. The van der Waals surface area contributed by atoms with Crippen molar-refractivity contribution in [3.63, 3.8) is 0 Å². The van der Waals surface area contributed by atoms with Gasteiger partial charge in [0.25, 0.3) is 0 Å². The summed E-state index contributed by atoms with van der Waals surface area (Å²) in [5.41, 5.74) is 0. The van der Waals surface area contributed by atoms with Crippen molar-refractivity contribution in [1.29, 1.82) is 0 Å². The summed E-state index contributed by atoms with van der Waals surface area (Å²) in [6.45, 7) is 4.83. The van der Waals surface area contributed by atoms with E-state index in [0.717, 1.165) is 23.1 Å². The third kappa shape index (κ3) is 2.67. The van der Waals surface area contributed by atoms with Gasteiger partial charge in [-0.1, -0.05) is 0 Å². The molecule has 0 aliphatic rings. The van der Waals surface area contributed by atoms with Crippen LogP contribution >= 0.6 is 11.3 Å². The van der Waals surface area contributed by atoms with Gasteiger partial charge in [0.2, 0.25) is 0 Å². The zero-order chi connectivity index (χ0) is 10.7. The lowest BCUT2D eigenvalue weighted by Crippen LogP contribution is -2.17.